The number of alkyl halides is 1. The van der Waals surface area contributed by atoms with E-state index in [1.807, 2.05) is 0 Å². The topological polar surface area (TPSA) is 0 Å². The van der Waals surface area contributed by atoms with Crippen molar-refractivity contribution >= 4 is 15.9 Å². The predicted molar refractivity (Wildman–Crippen MR) is 44.8 cm³/mol. The summed E-state index contributed by atoms with van der Waals surface area (Å²) in [5.41, 5.74) is 0.541. The van der Waals surface area contributed by atoms with E-state index in [4.69, 9.17) is 0 Å². The second-order valence-corrected chi connectivity index (χ2v) is 4.50. The molecule has 0 bridgehead atoms. The molecule has 0 nitrogen and oxygen atoms in total. The lowest BCUT2D eigenvalue weighted by Crippen LogP contribution is -2.16. The average Bonchev–Trinajstić information content (AvgIpc) is 2.47. The lowest BCUT2D eigenvalue weighted by Gasteiger charge is -2.20. The Kier molecular flexibility index (Phi) is 1.91. The van der Waals surface area contributed by atoms with Gasteiger partial charge in [0.05, 0.1) is 0 Å². The molecule has 0 aliphatic heterocycles. The summed E-state index contributed by atoms with van der Waals surface area (Å²) in [6.07, 6.45) is 1.44. The fourth-order valence-corrected chi connectivity index (χ4v) is 1.93. The molecule has 0 amide bonds. The molecule has 0 aromatic heterocycles. The molecule has 0 heterocycles. The highest BCUT2D eigenvalue weighted by atomic mass is 79.9. The Labute approximate surface area is 66.2 Å². The predicted octanol–water partition coefficient (Wildman–Crippen LogP) is 3.06. The second-order valence-electron chi connectivity index (χ2n) is 3.94. The summed E-state index contributed by atoms with van der Waals surface area (Å²) < 4.78 is 0. The van der Waals surface area contributed by atoms with Gasteiger partial charge in [-0.3, -0.25) is 0 Å². The van der Waals surface area contributed by atoms with Crippen molar-refractivity contribution in [2.75, 3.05) is 5.33 Å². The molecule has 2 unspecified atom stereocenters. The maximum atomic E-state index is 3.54. The average molecular weight is 191 g/mol. The highest BCUT2D eigenvalue weighted by molar-refractivity contribution is 9.09. The highest BCUT2D eigenvalue weighted by Gasteiger charge is 2.43. The van der Waals surface area contributed by atoms with Crippen molar-refractivity contribution in [2.24, 2.45) is 17.3 Å². The molecule has 0 saturated heterocycles. The van der Waals surface area contributed by atoms with Gasteiger partial charge >= 0.3 is 0 Å². The third-order valence-corrected chi connectivity index (χ3v) is 3.90. The Bertz CT molecular complexity index is 107. The first-order valence-corrected chi connectivity index (χ1v) is 4.76. The summed E-state index contributed by atoms with van der Waals surface area (Å²) in [6.45, 7) is 7.03. The van der Waals surface area contributed by atoms with Gasteiger partial charge in [-0.1, -0.05) is 36.7 Å². The Morgan fingerprint density at radius 2 is 2.00 bits per heavy atom. The minimum atomic E-state index is 0.541. The van der Waals surface area contributed by atoms with Crippen LogP contribution in [0.2, 0.25) is 0 Å². The van der Waals surface area contributed by atoms with Crippen molar-refractivity contribution < 1.29 is 0 Å². The van der Waals surface area contributed by atoms with Crippen molar-refractivity contribution in [3.63, 3.8) is 0 Å². The van der Waals surface area contributed by atoms with Crippen LogP contribution in [0.15, 0.2) is 0 Å². The zero-order chi connectivity index (χ0) is 7.07. The quantitative estimate of drug-likeness (QED) is 0.588. The monoisotopic (exact) mass is 190 g/mol. The smallest absolute Gasteiger partial charge is 0.00854 e. The number of hydrogen-bond acceptors (Lipinski definition) is 0. The van der Waals surface area contributed by atoms with E-state index in [0.29, 0.717) is 5.41 Å². The van der Waals surface area contributed by atoms with Crippen LogP contribution < -0.4 is 0 Å². The van der Waals surface area contributed by atoms with E-state index in [9.17, 15) is 0 Å². The molecule has 9 heavy (non-hydrogen) atoms. The molecular formula is C8H15Br. The highest BCUT2D eigenvalue weighted by Crippen LogP contribution is 2.51. The van der Waals surface area contributed by atoms with E-state index in [1.54, 1.807) is 0 Å². The minimum absolute atomic E-state index is 0.541. The molecule has 1 fully saturated rings. The van der Waals surface area contributed by atoms with Gasteiger partial charge in [-0.2, -0.15) is 0 Å². The molecule has 1 saturated carbocycles. The summed E-state index contributed by atoms with van der Waals surface area (Å²) in [5, 5.41) is 1.15. The molecule has 0 aromatic carbocycles. The van der Waals surface area contributed by atoms with E-state index in [0.717, 1.165) is 17.2 Å². The Hall–Kier alpha value is 0.480. The molecule has 2 atom stereocenters. The molecule has 1 heteroatoms. The third-order valence-electron chi connectivity index (χ3n) is 2.46. The number of rotatable bonds is 2. The van der Waals surface area contributed by atoms with Crippen molar-refractivity contribution in [3.8, 4) is 0 Å². The summed E-state index contributed by atoms with van der Waals surface area (Å²) >= 11 is 3.54. The van der Waals surface area contributed by atoms with Gasteiger partial charge in [0, 0.05) is 5.33 Å². The summed E-state index contributed by atoms with van der Waals surface area (Å²) in [6, 6.07) is 0. The SMILES string of the molecule is CC1CC1C(C)(C)CBr. The van der Waals surface area contributed by atoms with Gasteiger partial charge in [0.25, 0.3) is 0 Å². The zero-order valence-electron chi connectivity index (χ0n) is 6.45. The Morgan fingerprint density at radius 3 is 2.11 bits per heavy atom. The summed E-state index contributed by atoms with van der Waals surface area (Å²) in [7, 11) is 0. The normalized spacial score (nSPS) is 34.7. The fraction of sp³-hybridized carbons (Fsp3) is 1.00. The van der Waals surface area contributed by atoms with Gasteiger partial charge in [-0.15, -0.1) is 0 Å². The van der Waals surface area contributed by atoms with E-state index in [-0.39, 0.29) is 0 Å². The van der Waals surface area contributed by atoms with Gasteiger partial charge in [-0.25, -0.2) is 0 Å². The standard InChI is InChI=1S/C8H15Br/c1-6-4-7(6)8(2,3)5-9/h6-7H,4-5H2,1-3H3. The molecule has 54 valence electrons. The van der Waals surface area contributed by atoms with Crippen molar-refractivity contribution in [2.45, 2.75) is 27.2 Å². The van der Waals surface area contributed by atoms with Crippen LogP contribution in [0.25, 0.3) is 0 Å². The van der Waals surface area contributed by atoms with Gasteiger partial charge in [0.1, 0.15) is 0 Å². The number of hydrogen-bond donors (Lipinski definition) is 0. The summed E-state index contributed by atoms with van der Waals surface area (Å²) in [5.74, 6) is 1.97. The Morgan fingerprint density at radius 1 is 1.56 bits per heavy atom. The van der Waals surface area contributed by atoms with E-state index in [1.165, 1.54) is 6.42 Å². The molecule has 0 N–H and O–H groups in total. The first-order valence-electron chi connectivity index (χ1n) is 3.64. The van der Waals surface area contributed by atoms with Crippen LogP contribution in [0.1, 0.15) is 27.2 Å². The Balaban J connectivity index is 2.41. The van der Waals surface area contributed by atoms with Gasteiger partial charge in [-0.05, 0) is 23.7 Å². The van der Waals surface area contributed by atoms with Gasteiger partial charge in [0.15, 0.2) is 0 Å². The van der Waals surface area contributed by atoms with Crippen LogP contribution >= 0.6 is 15.9 Å². The summed E-state index contributed by atoms with van der Waals surface area (Å²) in [4.78, 5) is 0. The molecule has 1 aliphatic rings. The zero-order valence-corrected chi connectivity index (χ0v) is 8.03. The second kappa shape index (κ2) is 2.26. The van der Waals surface area contributed by atoms with Crippen molar-refractivity contribution in [3.05, 3.63) is 0 Å². The van der Waals surface area contributed by atoms with E-state index in [2.05, 4.69) is 36.7 Å². The van der Waals surface area contributed by atoms with Crippen LogP contribution in [0.4, 0.5) is 0 Å². The van der Waals surface area contributed by atoms with Crippen molar-refractivity contribution in [1.29, 1.82) is 0 Å². The van der Waals surface area contributed by atoms with Crippen molar-refractivity contribution in [1.82, 2.24) is 0 Å². The maximum absolute atomic E-state index is 3.54. The maximum Gasteiger partial charge on any atom is 0.00854 e. The number of halogens is 1. The van der Waals surface area contributed by atoms with Crippen LogP contribution in [0.3, 0.4) is 0 Å². The lowest BCUT2D eigenvalue weighted by atomic mass is 9.89. The largest absolute Gasteiger partial charge is 0.0922 e. The third kappa shape index (κ3) is 1.49. The molecule has 0 spiro atoms. The van der Waals surface area contributed by atoms with Gasteiger partial charge < -0.3 is 0 Å². The molecule has 0 radical (unpaired) electrons. The first-order chi connectivity index (χ1) is 4.08. The minimum Gasteiger partial charge on any atom is -0.0922 e. The van der Waals surface area contributed by atoms with E-state index < -0.39 is 0 Å². The van der Waals surface area contributed by atoms with Crippen LogP contribution in [0.5, 0.6) is 0 Å². The molecule has 0 aromatic rings. The molecular weight excluding hydrogens is 176 g/mol. The molecule has 1 rings (SSSR count). The van der Waals surface area contributed by atoms with Crippen LogP contribution in [-0.2, 0) is 0 Å². The van der Waals surface area contributed by atoms with Gasteiger partial charge in [0.2, 0.25) is 0 Å². The lowest BCUT2D eigenvalue weighted by molar-refractivity contribution is 0.346. The fourth-order valence-electron chi connectivity index (χ4n) is 1.51. The van der Waals surface area contributed by atoms with Crippen LogP contribution in [0, 0.1) is 17.3 Å². The van der Waals surface area contributed by atoms with Crippen LogP contribution in [-0.4, -0.2) is 5.33 Å². The first kappa shape index (κ1) is 7.59. The van der Waals surface area contributed by atoms with E-state index >= 15 is 0 Å². The molecule has 1 aliphatic carbocycles.